The van der Waals surface area contributed by atoms with Gasteiger partial charge in [-0.2, -0.15) is 0 Å². The van der Waals surface area contributed by atoms with E-state index < -0.39 is 5.91 Å². The second-order valence-electron chi connectivity index (χ2n) is 7.18. The largest absolute Gasteiger partial charge is 0.451 e. The number of nitrogens with zero attached hydrogens (tertiary/aromatic N) is 2. The van der Waals surface area contributed by atoms with E-state index >= 15 is 0 Å². The first kappa shape index (κ1) is 22.3. The molecule has 0 bridgehead atoms. The molecule has 0 radical (unpaired) electrons. The molecule has 168 valence electrons. The molecule has 2 N–H and O–H groups in total. The lowest BCUT2D eigenvalue weighted by Gasteiger charge is -2.08. The Morgan fingerprint density at radius 2 is 1.88 bits per heavy atom. The smallest absolute Gasteiger partial charge is 0.293 e. The number of thiocarbonyl (C=S) groups is 1. The summed E-state index contributed by atoms with van der Waals surface area (Å²) in [5, 5.41) is 6.28. The van der Waals surface area contributed by atoms with Gasteiger partial charge in [-0.05, 0) is 76.7 Å². The summed E-state index contributed by atoms with van der Waals surface area (Å²) in [5.74, 6) is 0.626. The van der Waals surface area contributed by atoms with Gasteiger partial charge >= 0.3 is 0 Å². The standard InChI is InChI=1S/C24H14BrClN4O3S/c25-15-8-14(11-27-12-15)23-29-18-10-17(4-5-20(18)33-23)28-24(34)30-22(31)21-7-6-19(32-21)13-2-1-3-16(26)9-13/h1-12H,(H2,28,30,31,34). The van der Waals surface area contributed by atoms with Gasteiger partial charge in [-0.15, -0.1) is 0 Å². The highest BCUT2D eigenvalue weighted by Gasteiger charge is 2.15. The molecular weight excluding hydrogens is 540 g/mol. The van der Waals surface area contributed by atoms with Gasteiger partial charge in [0, 0.05) is 33.1 Å². The number of rotatable bonds is 4. The van der Waals surface area contributed by atoms with Gasteiger partial charge in [-0.3, -0.25) is 15.1 Å². The van der Waals surface area contributed by atoms with Crippen LogP contribution in [0.2, 0.25) is 5.02 Å². The Morgan fingerprint density at radius 1 is 1.00 bits per heavy atom. The minimum atomic E-state index is -0.474. The molecule has 2 aromatic carbocycles. The SMILES string of the molecule is O=C(NC(=S)Nc1ccc2oc(-c3cncc(Br)c3)nc2c1)c1ccc(-c2cccc(Cl)c2)o1. The highest BCUT2D eigenvalue weighted by atomic mass is 79.9. The van der Waals surface area contributed by atoms with Crippen molar-refractivity contribution in [2.45, 2.75) is 0 Å². The van der Waals surface area contributed by atoms with Crippen molar-refractivity contribution in [3.8, 4) is 22.8 Å². The van der Waals surface area contributed by atoms with Crippen molar-refractivity contribution in [1.82, 2.24) is 15.3 Å². The van der Waals surface area contributed by atoms with Crippen LogP contribution in [0.4, 0.5) is 5.69 Å². The van der Waals surface area contributed by atoms with Gasteiger partial charge in [0.05, 0.1) is 5.56 Å². The van der Waals surface area contributed by atoms with Crippen molar-refractivity contribution in [3.63, 3.8) is 0 Å². The normalized spacial score (nSPS) is 10.9. The van der Waals surface area contributed by atoms with Crippen molar-refractivity contribution in [1.29, 1.82) is 0 Å². The minimum Gasteiger partial charge on any atom is -0.451 e. The van der Waals surface area contributed by atoms with Crippen LogP contribution in [0.5, 0.6) is 0 Å². The summed E-state index contributed by atoms with van der Waals surface area (Å²) in [5.41, 5.74) is 3.40. The summed E-state index contributed by atoms with van der Waals surface area (Å²) < 4.78 is 12.3. The zero-order valence-corrected chi connectivity index (χ0v) is 20.4. The third kappa shape index (κ3) is 4.86. The fourth-order valence-corrected chi connectivity index (χ4v) is 4.01. The first-order valence-electron chi connectivity index (χ1n) is 9.94. The molecular formula is C24H14BrClN4O3S. The average molecular weight is 554 g/mol. The number of carbonyl (C=O) groups excluding carboxylic acids is 1. The number of carbonyl (C=O) groups is 1. The number of furan rings is 1. The van der Waals surface area contributed by atoms with Gasteiger partial charge in [0.15, 0.2) is 16.5 Å². The summed E-state index contributed by atoms with van der Waals surface area (Å²) in [6.45, 7) is 0. The van der Waals surface area contributed by atoms with Gasteiger partial charge in [-0.1, -0.05) is 23.7 Å². The molecule has 0 spiro atoms. The van der Waals surface area contributed by atoms with E-state index in [1.807, 2.05) is 18.2 Å². The maximum Gasteiger partial charge on any atom is 0.293 e. The number of anilines is 1. The zero-order chi connectivity index (χ0) is 23.7. The molecule has 3 aromatic heterocycles. The van der Waals surface area contributed by atoms with Crippen molar-refractivity contribution >= 4 is 67.6 Å². The van der Waals surface area contributed by atoms with Gasteiger partial charge in [0.2, 0.25) is 5.89 Å². The molecule has 0 aliphatic heterocycles. The molecule has 34 heavy (non-hydrogen) atoms. The van der Waals surface area contributed by atoms with Crippen molar-refractivity contribution in [2.24, 2.45) is 0 Å². The number of aromatic nitrogens is 2. The van der Waals surface area contributed by atoms with Crippen LogP contribution in [0.1, 0.15) is 10.6 Å². The van der Waals surface area contributed by atoms with Crippen LogP contribution in [-0.2, 0) is 0 Å². The summed E-state index contributed by atoms with van der Waals surface area (Å²) >= 11 is 14.7. The van der Waals surface area contributed by atoms with E-state index in [2.05, 4.69) is 36.5 Å². The molecule has 3 heterocycles. The predicted molar refractivity (Wildman–Crippen MR) is 138 cm³/mol. The fraction of sp³-hybridized carbons (Fsp3) is 0. The molecule has 10 heteroatoms. The van der Waals surface area contributed by atoms with Crippen LogP contribution in [-0.4, -0.2) is 21.0 Å². The molecule has 1 amide bonds. The van der Waals surface area contributed by atoms with Gasteiger partial charge in [-0.25, -0.2) is 4.98 Å². The molecule has 7 nitrogen and oxygen atoms in total. The maximum atomic E-state index is 12.6. The average Bonchev–Trinajstić information content (AvgIpc) is 3.46. The van der Waals surface area contributed by atoms with E-state index in [0.717, 1.165) is 15.6 Å². The highest BCUT2D eigenvalue weighted by molar-refractivity contribution is 9.10. The summed E-state index contributed by atoms with van der Waals surface area (Å²) in [6, 6.07) is 17.6. The number of amides is 1. The molecule has 0 fully saturated rings. The van der Waals surface area contributed by atoms with Crippen molar-refractivity contribution < 1.29 is 13.6 Å². The quantitative estimate of drug-likeness (QED) is 0.239. The Hall–Kier alpha value is -3.53. The van der Waals surface area contributed by atoms with E-state index in [4.69, 9.17) is 32.7 Å². The molecule has 0 aliphatic carbocycles. The van der Waals surface area contributed by atoms with Gasteiger partial charge < -0.3 is 14.2 Å². The number of pyridine rings is 1. The third-order valence-electron chi connectivity index (χ3n) is 4.76. The Labute approximate surface area is 212 Å². The number of halogens is 2. The lowest BCUT2D eigenvalue weighted by atomic mass is 10.2. The summed E-state index contributed by atoms with van der Waals surface area (Å²) in [7, 11) is 0. The van der Waals surface area contributed by atoms with E-state index in [1.54, 1.807) is 54.9 Å². The lowest BCUT2D eigenvalue weighted by Crippen LogP contribution is -2.33. The first-order chi connectivity index (χ1) is 16.4. The second-order valence-corrected chi connectivity index (χ2v) is 8.94. The molecule has 0 saturated heterocycles. The van der Waals surface area contributed by atoms with E-state index in [1.165, 1.54) is 0 Å². The topological polar surface area (TPSA) is 93.2 Å². The second kappa shape index (κ2) is 9.38. The number of hydrogen-bond acceptors (Lipinski definition) is 6. The van der Waals surface area contributed by atoms with E-state index in [9.17, 15) is 4.79 Å². The van der Waals surface area contributed by atoms with Gasteiger partial charge in [0.25, 0.3) is 5.91 Å². The van der Waals surface area contributed by atoms with E-state index in [0.29, 0.717) is 33.5 Å². The number of fused-ring (bicyclic) bond motifs is 1. The van der Waals surface area contributed by atoms with Crippen LogP contribution < -0.4 is 10.6 Å². The lowest BCUT2D eigenvalue weighted by molar-refractivity contribution is 0.0951. The molecule has 5 rings (SSSR count). The number of benzene rings is 2. The molecule has 0 unspecified atom stereocenters. The Kier molecular flexibility index (Phi) is 6.14. The monoisotopic (exact) mass is 552 g/mol. The van der Waals surface area contributed by atoms with Crippen molar-refractivity contribution in [2.75, 3.05) is 5.32 Å². The number of nitrogens with one attached hydrogen (secondary N) is 2. The van der Waals surface area contributed by atoms with Crippen LogP contribution in [0.25, 0.3) is 33.9 Å². The van der Waals surface area contributed by atoms with Crippen molar-refractivity contribution in [3.05, 3.63) is 88.3 Å². The van der Waals surface area contributed by atoms with Crippen LogP contribution in [0, 0.1) is 0 Å². The Morgan fingerprint density at radius 3 is 2.71 bits per heavy atom. The molecule has 0 aliphatic rings. The highest BCUT2D eigenvalue weighted by Crippen LogP contribution is 2.27. The molecule has 5 aromatic rings. The third-order valence-corrected chi connectivity index (χ3v) is 5.64. The van der Waals surface area contributed by atoms with E-state index in [-0.39, 0.29) is 10.9 Å². The Balaban J connectivity index is 1.27. The van der Waals surface area contributed by atoms with Crippen LogP contribution in [0.3, 0.4) is 0 Å². The number of oxazole rings is 1. The van der Waals surface area contributed by atoms with Gasteiger partial charge in [0.1, 0.15) is 11.3 Å². The first-order valence-corrected chi connectivity index (χ1v) is 11.5. The van der Waals surface area contributed by atoms with Crippen LogP contribution >= 0.6 is 39.7 Å². The minimum absolute atomic E-state index is 0.116. The zero-order valence-electron chi connectivity index (χ0n) is 17.2. The molecule has 0 saturated carbocycles. The van der Waals surface area contributed by atoms with Crippen LogP contribution in [0.15, 0.2) is 86.4 Å². The predicted octanol–water partition coefficient (Wildman–Crippen LogP) is 6.69. The maximum absolute atomic E-state index is 12.6. The number of hydrogen-bond donors (Lipinski definition) is 2. The summed E-state index contributed by atoms with van der Waals surface area (Å²) in [4.78, 5) is 21.2. The summed E-state index contributed by atoms with van der Waals surface area (Å²) in [6.07, 6.45) is 3.36. The Bertz CT molecular complexity index is 1550. The fourth-order valence-electron chi connectivity index (χ4n) is 3.24. The molecule has 0 atom stereocenters.